The Morgan fingerprint density at radius 3 is 2.58 bits per heavy atom. The van der Waals surface area contributed by atoms with Gasteiger partial charge in [-0.3, -0.25) is 14.7 Å². The number of hydrogen-bond acceptors (Lipinski definition) is 3. The normalized spacial score (nSPS) is 16.3. The minimum absolute atomic E-state index is 0.00273. The van der Waals surface area contributed by atoms with Gasteiger partial charge in [-0.25, -0.2) is 0 Å². The van der Waals surface area contributed by atoms with Crippen LogP contribution in [-0.4, -0.2) is 58.0 Å². The zero-order chi connectivity index (χ0) is 13.8. The average molecular weight is 264 g/mol. The maximum absolute atomic E-state index is 12.3. The Morgan fingerprint density at radius 1 is 1.26 bits per heavy atom. The van der Waals surface area contributed by atoms with Gasteiger partial charge in [0.1, 0.15) is 0 Å². The molecule has 1 N–H and O–H groups in total. The van der Waals surface area contributed by atoms with Crippen LogP contribution in [0.25, 0.3) is 0 Å². The van der Waals surface area contributed by atoms with E-state index in [9.17, 15) is 9.59 Å². The molecule has 0 radical (unpaired) electrons. The molecule has 1 fully saturated rings. The number of H-pyrrole nitrogens is 1. The molecule has 6 nitrogen and oxygen atoms in total. The summed E-state index contributed by atoms with van der Waals surface area (Å²) in [6, 6.07) is 0. The predicted molar refractivity (Wildman–Crippen MR) is 70.7 cm³/mol. The smallest absolute Gasteiger partial charge is 0.257 e. The van der Waals surface area contributed by atoms with Crippen LogP contribution in [0.3, 0.4) is 0 Å². The molecule has 1 aliphatic rings. The number of carbonyl (C=O) groups is 2. The molecule has 0 spiro atoms. The molecule has 0 bridgehead atoms. The summed E-state index contributed by atoms with van der Waals surface area (Å²) in [6.07, 6.45) is 2.92. The summed E-state index contributed by atoms with van der Waals surface area (Å²) in [6.45, 7) is 6.35. The molecule has 2 heterocycles. The van der Waals surface area contributed by atoms with Crippen molar-refractivity contribution in [1.29, 1.82) is 0 Å². The van der Waals surface area contributed by atoms with Gasteiger partial charge < -0.3 is 9.80 Å². The highest BCUT2D eigenvalue weighted by Crippen LogP contribution is 2.11. The molecule has 0 aromatic carbocycles. The molecule has 1 saturated heterocycles. The SMILES string of the molecule is CCC(=O)N1CCCN(C(=O)c2cn[nH]c2C)CC1. The standard InChI is InChI=1S/C13H20N4O2/c1-3-12(18)16-5-4-6-17(8-7-16)13(19)11-9-14-15-10(11)2/h9H,3-8H2,1-2H3,(H,14,15). The van der Waals surface area contributed by atoms with Gasteiger partial charge in [0.2, 0.25) is 5.91 Å². The van der Waals surface area contributed by atoms with Crippen molar-refractivity contribution in [3.05, 3.63) is 17.5 Å². The van der Waals surface area contributed by atoms with Crippen LogP contribution in [0.2, 0.25) is 0 Å². The zero-order valence-electron chi connectivity index (χ0n) is 11.5. The highest BCUT2D eigenvalue weighted by Gasteiger charge is 2.23. The Labute approximate surface area is 112 Å². The molecule has 1 aromatic rings. The first kappa shape index (κ1) is 13.6. The quantitative estimate of drug-likeness (QED) is 0.859. The van der Waals surface area contributed by atoms with E-state index in [-0.39, 0.29) is 11.8 Å². The fourth-order valence-corrected chi connectivity index (χ4v) is 2.33. The molecule has 2 rings (SSSR count). The molecule has 19 heavy (non-hydrogen) atoms. The van der Waals surface area contributed by atoms with E-state index in [1.165, 1.54) is 0 Å². The van der Waals surface area contributed by atoms with E-state index in [0.717, 1.165) is 18.7 Å². The summed E-state index contributed by atoms with van der Waals surface area (Å²) in [7, 11) is 0. The third-order valence-electron chi connectivity index (χ3n) is 3.50. The Kier molecular flexibility index (Phi) is 4.19. The van der Waals surface area contributed by atoms with Crippen LogP contribution in [-0.2, 0) is 4.79 Å². The van der Waals surface area contributed by atoms with Crippen LogP contribution in [0, 0.1) is 6.92 Å². The second-order valence-electron chi connectivity index (χ2n) is 4.79. The van der Waals surface area contributed by atoms with Crippen LogP contribution in [0.4, 0.5) is 0 Å². The molecule has 2 amide bonds. The third-order valence-corrected chi connectivity index (χ3v) is 3.50. The van der Waals surface area contributed by atoms with Gasteiger partial charge in [0.05, 0.1) is 11.8 Å². The molecular weight excluding hydrogens is 244 g/mol. The van der Waals surface area contributed by atoms with Gasteiger partial charge in [-0.2, -0.15) is 5.10 Å². The largest absolute Gasteiger partial charge is 0.341 e. The zero-order valence-corrected chi connectivity index (χ0v) is 11.5. The number of nitrogens with one attached hydrogen (secondary N) is 1. The Bertz CT molecular complexity index is 469. The van der Waals surface area contributed by atoms with Crippen molar-refractivity contribution < 1.29 is 9.59 Å². The number of carbonyl (C=O) groups excluding carboxylic acids is 2. The molecule has 6 heteroatoms. The maximum Gasteiger partial charge on any atom is 0.257 e. The first-order valence-corrected chi connectivity index (χ1v) is 6.70. The summed E-state index contributed by atoms with van der Waals surface area (Å²) in [4.78, 5) is 27.7. The number of amides is 2. The second kappa shape index (κ2) is 5.86. The summed E-state index contributed by atoms with van der Waals surface area (Å²) < 4.78 is 0. The van der Waals surface area contributed by atoms with Crippen molar-refractivity contribution in [2.75, 3.05) is 26.2 Å². The molecule has 0 saturated carbocycles. The first-order chi connectivity index (χ1) is 9.13. The Hall–Kier alpha value is -1.85. The lowest BCUT2D eigenvalue weighted by Gasteiger charge is -2.21. The van der Waals surface area contributed by atoms with Gasteiger partial charge in [0.25, 0.3) is 5.91 Å². The predicted octanol–water partition coefficient (Wildman–Crippen LogP) is 0.803. The minimum Gasteiger partial charge on any atom is -0.341 e. The van der Waals surface area contributed by atoms with Crippen LogP contribution < -0.4 is 0 Å². The fraction of sp³-hybridized carbons (Fsp3) is 0.615. The van der Waals surface area contributed by atoms with E-state index in [0.29, 0.717) is 31.6 Å². The van der Waals surface area contributed by atoms with Gasteiger partial charge >= 0.3 is 0 Å². The van der Waals surface area contributed by atoms with E-state index in [2.05, 4.69) is 10.2 Å². The van der Waals surface area contributed by atoms with Gasteiger partial charge in [0.15, 0.2) is 0 Å². The molecule has 1 aliphatic heterocycles. The van der Waals surface area contributed by atoms with E-state index in [1.54, 1.807) is 11.1 Å². The van der Waals surface area contributed by atoms with Crippen molar-refractivity contribution in [3.63, 3.8) is 0 Å². The average Bonchev–Trinajstić information content (AvgIpc) is 2.70. The van der Waals surface area contributed by atoms with Crippen LogP contribution in [0.15, 0.2) is 6.20 Å². The fourth-order valence-electron chi connectivity index (χ4n) is 2.33. The highest BCUT2D eigenvalue weighted by molar-refractivity contribution is 5.95. The van der Waals surface area contributed by atoms with Gasteiger partial charge in [0, 0.05) is 38.3 Å². The molecular formula is C13H20N4O2. The number of aromatic amines is 1. The van der Waals surface area contributed by atoms with Crippen molar-refractivity contribution in [2.45, 2.75) is 26.7 Å². The molecule has 0 aliphatic carbocycles. The van der Waals surface area contributed by atoms with Crippen molar-refractivity contribution in [2.24, 2.45) is 0 Å². The molecule has 0 unspecified atom stereocenters. The highest BCUT2D eigenvalue weighted by atomic mass is 16.2. The second-order valence-corrected chi connectivity index (χ2v) is 4.79. The van der Waals surface area contributed by atoms with E-state index in [4.69, 9.17) is 0 Å². The summed E-state index contributed by atoms with van der Waals surface area (Å²) in [5, 5.41) is 6.66. The van der Waals surface area contributed by atoms with E-state index in [1.807, 2.05) is 18.7 Å². The lowest BCUT2D eigenvalue weighted by molar-refractivity contribution is -0.130. The third kappa shape index (κ3) is 2.94. The first-order valence-electron chi connectivity index (χ1n) is 6.70. The van der Waals surface area contributed by atoms with Crippen molar-refractivity contribution in [1.82, 2.24) is 20.0 Å². The summed E-state index contributed by atoms with van der Waals surface area (Å²) in [5.41, 5.74) is 1.41. The minimum atomic E-state index is -0.00273. The van der Waals surface area contributed by atoms with E-state index >= 15 is 0 Å². The lowest BCUT2D eigenvalue weighted by atomic mass is 10.2. The Balaban J connectivity index is 2.01. The number of nitrogens with zero attached hydrogens (tertiary/aromatic N) is 3. The topological polar surface area (TPSA) is 69.3 Å². The van der Waals surface area contributed by atoms with Gasteiger partial charge in [-0.15, -0.1) is 0 Å². The van der Waals surface area contributed by atoms with Gasteiger partial charge in [-0.1, -0.05) is 6.92 Å². The maximum atomic E-state index is 12.3. The molecule has 1 aromatic heterocycles. The van der Waals surface area contributed by atoms with Crippen LogP contribution in [0.5, 0.6) is 0 Å². The summed E-state index contributed by atoms with van der Waals surface area (Å²) >= 11 is 0. The lowest BCUT2D eigenvalue weighted by Crippen LogP contribution is -2.37. The number of rotatable bonds is 2. The number of aromatic nitrogens is 2. The molecule has 104 valence electrons. The van der Waals surface area contributed by atoms with Crippen LogP contribution >= 0.6 is 0 Å². The van der Waals surface area contributed by atoms with Crippen molar-refractivity contribution >= 4 is 11.8 Å². The van der Waals surface area contributed by atoms with E-state index < -0.39 is 0 Å². The summed E-state index contributed by atoms with van der Waals surface area (Å²) in [5.74, 6) is 0.158. The number of hydrogen-bond donors (Lipinski definition) is 1. The monoisotopic (exact) mass is 264 g/mol. The van der Waals surface area contributed by atoms with Crippen LogP contribution in [0.1, 0.15) is 35.8 Å². The molecule has 0 atom stereocenters. The van der Waals surface area contributed by atoms with Gasteiger partial charge in [-0.05, 0) is 13.3 Å². The van der Waals surface area contributed by atoms with Crippen molar-refractivity contribution in [3.8, 4) is 0 Å². The number of aryl methyl sites for hydroxylation is 1. The Morgan fingerprint density at radius 2 is 1.95 bits per heavy atom.